The first kappa shape index (κ1) is 19.6. The van der Waals surface area contributed by atoms with Crippen LogP contribution in [0.5, 0.6) is 0 Å². The summed E-state index contributed by atoms with van der Waals surface area (Å²) in [6, 6.07) is 22.4. The van der Waals surface area contributed by atoms with Crippen LogP contribution in [0.2, 0.25) is 0 Å². The first-order valence-corrected chi connectivity index (χ1v) is 11.7. The van der Waals surface area contributed by atoms with E-state index in [1.54, 1.807) is 12.1 Å². The second-order valence-electron chi connectivity index (χ2n) is 8.12. The van der Waals surface area contributed by atoms with E-state index < -0.39 is 16.2 Å². The molecule has 0 saturated carbocycles. The fourth-order valence-corrected chi connectivity index (χ4v) is 5.81. The van der Waals surface area contributed by atoms with Crippen molar-refractivity contribution < 1.29 is 8.42 Å². The second kappa shape index (κ2) is 7.13. The summed E-state index contributed by atoms with van der Waals surface area (Å²) in [7, 11) is -3.84. The van der Waals surface area contributed by atoms with Crippen molar-refractivity contribution in [3.05, 3.63) is 84.2 Å². The Kier molecular flexibility index (Phi) is 4.51. The predicted molar refractivity (Wildman–Crippen MR) is 124 cm³/mol. The molecule has 0 radical (unpaired) electrons. The molecule has 158 valence electrons. The molecule has 7 heteroatoms. The number of H-pyrrole nitrogens is 1. The van der Waals surface area contributed by atoms with Gasteiger partial charge in [-0.25, -0.2) is 17.7 Å². The SMILES string of the molecule is Cc1ccc(S(=O)(=O)N2c3ccccc3N(C(C)C)C2c2nc3ccccc3[nH]2)cc1. The zero-order valence-corrected chi connectivity index (χ0v) is 18.5. The smallest absolute Gasteiger partial charge is 0.266 e. The minimum Gasteiger partial charge on any atom is -0.340 e. The molecule has 0 aliphatic carbocycles. The van der Waals surface area contributed by atoms with Crippen molar-refractivity contribution in [2.75, 3.05) is 9.21 Å². The number of aromatic amines is 1. The van der Waals surface area contributed by atoms with Gasteiger partial charge >= 0.3 is 0 Å². The highest BCUT2D eigenvalue weighted by Gasteiger charge is 2.46. The normalized spacial score (nSPS) is 16.3. The van der Waals surface area contributed by atoms with Crippen LogP contribution < -0.4 is 9.21 Å². The highest BCUT2D eigenvalue weighted by Crippen LogP contribution is 2.49. The summed E-state index contributed by atoms with van der Waals surface area (Å²) in [6.45, 7) is 6.07. The van der Waals surface area contributed by atoms with Gasteiger partial charge in [-0.15, -0.1) is 0 Å². The van der Waals surface area contributed by atoms with E-state index in [0.717, 1.165) is 22.3 Å². The Morgan fingerprint density at radius 3 is 2.23 bits per heavy atom. The molecular formula is C24H24N4O2S. The van der Waals surface area contributed by atoms with Crippen LogP contribution in [0.4, 0.5) is 11.4 Å². The van der Waals surface area contributed by atoms with Gasteiger partial charge in [-0.3, -0.25) is 0 Å². The lowest BCUT2D eigenvalue weighted by Crippen LogP contribution is -2.42. The number of sulfonamides is 1. The van der Waals surface area contributed by atoms with Crippen molar-refractivity contribution in [1.82, 2.24) is 9.97 Å². The number of para-hydroxylation sites is 4. The second-order valence-corrected chi connectivity index (χ2v) is 9.93. The van der Waals surface area contributed by atoms with Crippen LogP contribution in [0.1, 0.15) is 31.4 Å². The van der Waals surface area contributed by atoms with Gasteiger partial charge in [0.1, 0.15) is 0 Å². The Morgan fingerprint density at radius 1 is 0.903 bits per heavy atom. The third kappa shape index (κ3) is 3.08. The predicted octanol–water partition coefficient (Wildman–Crippen LogP) is 4.99. The largest absolute Gasteiger partial charge is 0.340 e. The zero-order valence-electron chi connectivity index (χ0n) is 17.6. The summed E-state index contributed by atoms with van der Waals surface area (Å²) in [4.78, 5) is 10.5. The summed E-state index contributed by atoms with van der Waals surface area (Å²) in [6.07, 6.45) is -0.615. The highest BCUT2D eigenvalue weighted by molar-refractivity contribution is 7.92. The summed E-state index contributed by atoms with van der Waals surface area (Å²) in [5.74, 6) is 0.599. The van der Waals surface area contributed by atoms with E-state index in [9.17, 15) is 8.42 Å². The first-order valence-electron chi connectivity index (χ1n) is 10.3. The number of hydrogen-bond donors (Lipinski definition) is 1. The molecule has 0 spiro atoms. The van der Waals surface area contributed by atoms with Gasteiger partial charge < -0.3 is 9.88 Å². The number of benzene rings is 3. The third-order valence-corrected chi connectivity index (χ3v) is 7.45. The minimum atomic E-state index is -3.84. The van der Waals surface area contributed by atoms with Crippen LogP contribution in [0, 0.1) is 6.92 Å². The van der Waals surface area contributed by atoms with Crippen molar-refractivity contribution in [3.63, 3.8) is 0 Å². The van der Waals surface area contributed by atoms with Crippen LogP contribution in [-0.2, 0) is 10.0 Å². The zero-order chi connectivity index (χ0) is 21.8. The highest BCUT2D eigenvalue weighted by atomic mass is 32.2. The summed E-state index contributed by atoms with van der Waals surface area (Å²) in [5, 5.41) is 0. The molecule has 1 aromatic heterocycles. The molecule has 0 fully saturated rings. The Hall–Kier alpha value is -3.32. The standard InChI is InChI=1S/C24H24N4O2S/c1-16(2)27-21-10-6-7-11-22(21)28(31(29,30)18-14-12-17(3)13-15-18)24(27)23-25-19-8-4-5-9-20(19)26-23/h4-16,24H,1-3H3,(H,25,26). The van der Waals surface area contributed by atoms with Gasteiger partial charge in [0, 0.05) is 6.04 Å². The van der Waals surface area contributed by atoms with Crippen LogP contribution in [0.3, 0.4) is 0 Å². The van der Waals surface area contributed by atoms with Crippen molar-refractivity contribution >= 4 is 32.4 Å². The average molecular weight is 433 g/mol. The number of fused-ring (bicyclic) bond motifs is 2. The van der Waals surface area contributed by atoms with E-state index in [1.807, 2.05) is 67.6 Å². The lowest BCUT2D eigenvalue weighted by atomic mass is 10.2. The van der Waals surface area contributed by atoms with E-state index in [-0.39, 0.29) is 10.9 Å². The quantitative estimate of drug-likeness (QED) is 0.493. The molecule has 0 bridgehead atoms. The van der Waals surface area contributed by atoms with Crippen LogP contribution in [0.25, 0.3) is 11.0 Å². The molecule has 4 aromatic rings. The topological polar surface area (TPSA) is 69.3 Å². The van der Waals surface area contributed by atoms with Gasteiger partial charge in [0.25, 0.3) is 10.0 Å². The van der Waals surface area contributed by atoms with Crippen molar-refractivity contribution in [2.45, 2.75) is 37.9 Å². The molecule has 3 aromatic carbocycles. The Morgan fingerprint density at radius 2 is 1.55 bits per heavy atom. The van der Waals surface area contributed by atoms with E-state index in [4.69, 9.17) is 4.98 Å². The Bertz CT molecular complexity index is 1330. The number of rotatable bonds is 4. The molecule has 1 N–H and O–H groups in total. The van der Waals surface area contributed by atoms with E-state index in [2.05, 4.69) is 23.7 Å². The maximum Gasteiger partial charge on any atom is 0.266 e. The molecule has 2 heterocycles. The average Bonchev–Trinajstić information content (AvgIpc) is 3.33. The monoisotopic (exact) mass is 432 g/mol. The van der Waals surface area contributed by atoms with Gasteiger partial charge in [0.2, 0.25) is 0 Å². The molecule has 0 saturated heterocycles. The van der Waals surface area contributed by atoms with Crippen molar-refractivity contribution in [3.8, 4) is 0 Å². The maximum atomic E-state index is 13.9. The number of nitrogens with zero attached hydrogens (tertiary/aromatic N) is 3. The molecule has 1 unspecified atom stereocenters. The molecule has 0 amide bonds. The van der Waals surface area contributed by atoms with E-state index in [1.165, 1.54) is 4.31 Å². The summed E-state index contributed by atoms with van der Waals surface area (Å²) >= 11 is 0. The summed E-state index contributed by atoms with van der Waals surface area (Å²) in [5.41, 5.74) is 4.23. The van der Waals surface area contributed by atoms with Gasteiger partial charge in [-0.05, 0) is 57.2 Å². The van der Waals surface area contributed by atoms with Gasteiger partial charge in [-0.1, -0.05) is 42.0 Å². The lowest BCUT2D eigenvalue weighted by molar-refractivity contribution is 0.552. The minimum absolute atomic E-state index is 0.0533. The van der Waals surface area contributed by atoms with Crippen LogP contribution in [0.15, 0.2) is 77.7 Å². The van der Waals surface area contributed by atoms with Crippen molar-refractivity contribution in [2.24, 2.45) is 0 Å². The van der Waals surface area contributed by atoms with E-state index >= 15 is 0 Å². The number of aromatic nitrogens is 2. The van der Waals surface area contributed by atoms with Gasteiger partial charge in [0.05, 0.1) is 27.3 Å². The summed E-state index contributed by atoms with van der Waals surface area (Å²) < 4.78 is 29.4. The molecule has 1 aliphatic rings. The van der Waals surface area contributed by atoms with Gasteiger partial charge in [-0.2, -0.15) is 0 Å². The fourth-order valence-electron chi connectivity index (χ4n) is 4.23. The molecule has 5 rings (SSSR count). The van der Waals surface area contributed by atoms with E-state index in [0.29, 0.717) is 11.5 Å². The molecular weight excluding hydrogens is 408 g/mol. The molecule has 1 atom stereocenters. The van der Waals surface area contributed by atoms with Crippen LogP contribution in [-0.4, -0.2) is 24.4 Å². The lowest BCUT2D eigenvalue weighted by Gasteiger charge is -2.33. The number of aryl methyl sites for hydroxylation is 1. The molecule has 1 aliphatic heterocycles. The Balaban J connectivity index is 1.75. The first-order chi connectivity index (χ1) is 14.9. The number of nitrogens with one attached hydrogen (secondary N) is 1. The molecule has 31 heavy (non-hydrogen) atoms. The van der Waals surface area contributed by atoms with Crippen LogP contribution >= 0.6 is 0 Å². The fraction of sp³-hybridized carbons (Fsp3) is 0.208. The Labute approximate surface area is 182 Å². The maximum absolute atomic E-state index is 13.9. The number of anilines is 2. The van der Waals surface area contributed by atoms with Gasteiger partial charge in [0.15, 0.2) is 12.0 Å². The van der Waals surface area contributed by atoms with Crippen molar-refractivity contribution in [1.29, 1.82) is 0 Å². The number of imidazole rings is 1. The molecule has 6 nitrogen and oxygen atoms in total. The number of hydrogen-bond acceptors (Lipinski definition) is 4. The third-order valence-electron chi connectivity index (χ3n) is 5.67.